The number of benzene rings is 1. The highest BCUT2D eigenvalue weighted by atomic mass is 16.3. The normalized spacial score (nSPS) is 19.3. The number of phenols is 1. The van der Waals surface area contributed by atoms with Crippen LogP contribution in [0.5, 0.6) is 5.75 Å². The molecule has 0 atom stereocenters. The summed E-state index contributed by atoms with van der Waals surface area (Å²) in [4.78, 5) is 2.49. The van der Waals surface area contributed by atoms with Crippen LogP contribution in [0.4, 0.5) is 0 Å². The van der Waals surface area contributed by atoms with Crippen molar-refractivity contribution in [1.29, 1.82) is 0 Å². The lowest BCUT2D eigenvalue weighted by molar-refractivity contribution is 0.185. The van der Waals surface area contributed by atoms with Gasteiger partial charge >= 0.3 is 0 Å². The molecular weight excluding hydrogens is 186 g/mol. The highest BCUT2D eigenvalue weighted by molar-refractivity contribution is 5.25. The van der Waals surface area contributed by atoms with Crippen molar-refractivity contribution in [2.45, 2.75) is 26.3 Å². The van der Waals surface area contributed by atoms with Gasteiger partial charge in [0.05, 0.1) is 0 Å². The molecule has 82 valence electrons. The first-order valence-corrected chi connectivity index (χ1v) is 5.74. The van der Waals surface area contributed by atoms with E-state index in [0.717, 1.165) is 12.5 Å². The summed E-state index contributed by atoms with van der Waals surface area (Å²) in [5.74, 6) is 1.24. The van der Waals surface area contributed by atoms with Crippen molar-refractivity contribution < 1.29 is 5.11 Å². The van der Waals surface area contributed by atoms with E-state index >= 15 is 0 Å². The maximum absolute atomic E-state index is 9.18. The Kier molecular flexibility index (Phi) is 3.27. The molecule has 2 nitrogen and oxygen atoms in total. The Morgan fingerprint density at radius 3 is 2.40 bits per heavy atom. The van der Waals surface area contributed by atoms with Gasteiger partial charge in [0.1, 0.15) is 5.75 Å². The van der Waals surface area contributed by atoms with E-state index in [2.05, 4.69) is 11.8 Å². The van der Waals surface area contributed by atoms with Crippen LogP contribution in [0.3, 0.4) is 0 Å². The average molecular weight is 205 g/mol. The molecule has 2 rings (SSSR count). The molecule has 0 unspecified atom stereocenters. The molecule has 1 aliphatic heterocycles. The van der Waals surface area contributed by atoms with Gasteiger partial charge in [-0.3, -0.25) is 4.90 Å². The summed E-state index contributed by atoms with van der Waals surface area (Å²) in [5.41, 5.74) is 1.29. The van der Waals surface area contributed by atoms with Crippen LogP contribution in [0.15, 0.2) is 24.3 Å². The van der Waals surface area contributed by atoms with Crippen molar-refractivity contribution in [3.63, 3.8) is 0 Å². The molecule has 0 radical (unpaired) electrons. The number of nitrogens with zero attached hydrogens (tertiary/aromatic N) is 1. The van der Waals surface area contributed by atoms with Crippen LogP contribution in [-0.4, -0.2) is 23.1 Å². The van der Waals surface area contributed by atoms with Crippen molar-refractivity contribution in [3.05, 3.63) is 29.8 Å². The fourth-order valence-electron chi connectivity index (χ4n) is 2.08. The van der Waals surface area contributed by atoms with Gasteiger partial charge in [0.2, 0.25) is 0 Å². The summed E-state index contributed by atoms with van der Waals surface area (Å²) in [6.07, 6.45) is 2.64. The van der Waals surface area contributed by atoms with Crippen LogP contribution in [-0.2, 0) is 6.54 Å². The molecule has 1 N–H and O–H groups in total. The number of phenolic OH excluding ortho intramolecular Hbond substituents is 1. The summed E-state index contributed by atoms with van der Waals surface area (Å²) in [7, 11) is 0. The third-order valence-electron chi connectivity index (χ3n) is 3.22. The quantitative estimate of drug-likeness (QED) is 0.802. The second-order valence-corrected chi connectivity index (χ2v) is 4.63. The topological polar surface area (TPSA) is 23.5 Å². The Morgan fingerprint density at radius 1 is 1.20 bits per heavy atom. The zero-order chi connectivity index (χ0) is 10.7. The van der Waals surface area contributed by atoms with E-state index in [-0.39, 0.29) is 0 Å². The standard InChI is InChI=1S/C13H19NO/c1-11-6-8-14(9-7-11)10-12-2-4-13(15)5-3-12/h2-5,11,15H,6-10H2,1H3. The minimum Gasteiger partial charge on any atom is -0.508 e. The second-order valence-electron chi connectivity index (χ2n) is 4.63. The van der Waals surface area contributed by atoms with Gasteiger partial charge in [-0.05, 0) is 49.5 Å². The van der Waals surface area contributed by atoms with E-state index < -0.39 is 0 Å². The summed E-state index contributed by atoms with van der Waals surface area (Å²) in [5, 5.41) is 9.18. The first-order valence-electron chi connectivity index (χ1n) is 5.74. The van der Waals surface area contributed by atoms with Gasteiger partial charge in [-0.2, -0.15) is 0 Å². The predicted molar refractivity (Wildman–Crippen MR) is 61.8 cm³/mol. The number of aromatic hydroxyl groups is 1. The minimum atomic E-state index is 0.353. The number of hydrogen-bond donors (Lipinski definition) is 1. The van der Waals surface area contributed by atoms with Crippen LogP contribution < -0.4 is 0 Å². The number of rotatable bonds is 2. The van der Waals surface area contributed by atoms with Crippen molar-refractivity contribution >= 4 is 0 Å². The smallest absolute Gasteiger partial charge is 0.115 e. The molecule has 0 spiro atoms. The molecule has 1 fully saturated rings. The lowest BCUT2D eigenvalue weighted by Gasteiger charge is -2.30. The van der Waals surface area contributed by atoms with Crippen molar-refractivity contribution in [3.8, 4) is 5.75 Å². The highest BCUT2D eigenvalue weighted by Crippen LogP contribution is 2.18. The van der Waals surface area contributed by atoms with Crippen molar-refractivity contribution in [2.24, 2.45) is 5.92 Å². The minimum absolute atomic E-state index is 0.353. The van der Waals surface area contributed by atoms with E-state index in [4.69, 9.17) is 0 Å². The van der Waals surface area contributed by atoms with Gasteiger partial charge < -0.3 is 5.11 Å². The summed E-state index contributed by atoms with van der Waals surface area (Å²) in [6.45, 7) is 5.77. The van der Waals surface area contributed by atoms with E-state index in [0.29, 0.717) is 5.75 Å². The predicted octanol–water partition coefficient (Wildman–Crippen LogP) is 2.62. The molecular formula is C13H19NO. The van der Waals surface area contributed by atoms with Gasteiger partial charge in [-0.15, -0.1) is 0 Å². The number of piperidine rings is 1. The van der Waals surface area contributed by atoms with Crippen LogP contribution in [0.2, 0.25) is 0 Å². The Labute approximate surface area is 91.5 Å². The molecule has 1 heterocycles. The fourth-order valence-corrected chi connectivity index (χ4v) is 2.08. The Morgan fingerprint density at radius 2 is 1.80 bits per heavy atom. The van der Waals surface area contributed by atoms with Gasteiger partial charge in [-0.1, -0.05) is 19.1 Å². The van der Waals surface area contributed by atoms with Gasteiger partial charge in [0.15, 0.2) is 0 Å². The van der Waals surface area contributed by atoms with E-state index in [1.807, 2.05) is 12.1 Å². The Balaban J connectivity index is 1.89. The summed E-state index contributed by atoms with van der Waals surface area (Å²) in [6, 6.07) is 7.55. The van der Waals surface area contributed by atoms with Crippen molar-refractivity contribution in [2.75, 3.05) is 13.1 Å². The zero-order valence-corrected chi connectivity index (χ0v) is 9.32. The molecule has 1 aromatic carbocycles. The van der Waals surface area contributed by atoms with Gasteiger partial charge in [0, 0.05) is 6.54 Å². The first-order chi connectivity index (χ1) is 7.24. The van der Waals surface area contributed by atoms with E-state index in [1.54, 1.807) is 12.1 Å². The third-order valence-corrected chi connectivity index (χ3v) is 3.22. The molecule has 1 aliphatic rings. The maximum atomic E-state index is 9.18. The fraction of sp³-hybridized carbons (Fsp3) is 0.538. The van der Waals surface area contributed by atoms with Gasteiger partial charge in [-0.25, -0.2) is 0 Å². The lowest BCUT2D eigenvalue weighted by Crippen LogP contribution is -2.32. The molecule has 2 heteroatoms. The SMILES string of the molecule is CC1CCN(Cc2ccc(O)cc2)CC1. The van der Waals surface area contributed by atoms with Crippen LogP contribution in [0.1, 0.15) is 25.3 Å². The monoisotopic (exact) mass is 205 g/mol. The maximum Gasteiger partial charge on any atom is 0.115 e. The highest BCUT2D eigenvalue weighted by Gasteiger charge is 2.15. The lowest BCUT2D eigenvalue weighted by atomic mass is 9.99. The molecule has 0 amide bonds. The Hall–Kier alpha value is -1.02. The average Bonchev–Trinajstić information content (AvgIpc) is 2.25. The molecule has 1 aromatic rings. The number of likely N-dealkylation sites (tertiary alicyclic amines) is 1. The van der Waals surface area contributed by atoms with E-state index in [9.17, 15) is 5.11 Å². The molecule has 0 saturated carbocycles. The summed E-state index contributed by atoms with van der Waals surface area (Å²) < 4.78 is 0. The molecule has 0 aliphatic carbocycles. The molecule has 0 aromatic heterocycles. The zero-order valence-electron chi connectivity index (χ0n) is 9.32. The van der Waals surface area contributed by atoms with Crippen LogP contribution in [0, 0.1) is 5.92 Å². The molecule has 0 bridgehead atoms. The van der Waals surface area contributed by atoms with Crippen molar-refractivity contribution in [1.82, 2.24) is 4.90 Å². The Bertz CT molecular complexity index is 299. The number of hydrogen-bond acceptors (Lipinski definition) is 2. The van der Waals surface area contributed by atoms with Crippen LogP contribution >= 0.6 is 0 Å². The molecule has 15 heavy (non-hydrogen) atoms. The second kappa shape index (κ2) is 4.67. The van der Waals surface area contributed by atoms with E-state index in [1.165, 1.54) is 31.5 Å². The third kappa shape index (κ3) is 2.96. The first kappa shape index (κ1) is 10.5. The van der Waals surface area contributed by atoms with Gasteiger partial charge in [0.25, 0.3) is 0 Å². The van der Waals surface area contributed by atoms with Crippen LogP contribution in [0.25, 0.3) is 0 Å². The molecule has 1 saturated heterocycles. The largest absolute Gasteiger partial charge is 0.508 e. The summed E-state index contributed by atoms with van der Waals surface area (Å²) >= 11 is 0.